The van der Waals surface area contributed by atoms with Gasteiger partial charge in [-0.1, -0.05) is 18.2 Å². The highest BCUT2D eigenvalue weighted by molar-refractivity contribution is 5.65. The summed E-state index contributed by atoms with van der Waals surface area (Å²) >= 11 is 0. The van der Waals surface area contributed by atoms with Crippen molar-refractivity contribution in [2.45, 2.75) is 13.5 Å². The van der Waals surface area contributed by atoms with Crippen LogP contribution in [0, 0.1) is 6.92 Å². The van der Waals surface area contributed by atoms with Crippen molar-refractivity contribution >= 4 is 5.65 Å². The molecule has 3 rings (SSSR count). The number of benzene rings is 1. The van der Waals surface area contributed by atoms with Crippen molar-refractivity contribution in [2.24, 2.45) is 0 Å². The zero-order chi connectivity index (χ0) is 14.1. The molecule has 0 aliphatic heterocycles. The summed E-state index contributed by atoms with van der Waals surface area (Å²) in [7, 11) is 0. The molecule has 0 fully saturated rings. The second kappa shape index (κ2) is 4.92. The minimum Gasteiger partial charge on any atom is -0.435 e. The molecular weight excluding hydrogens is 262 g/mol. The minimum atomic E-state index is -2.83. The molecule has 0 aliphatic carbocycles. The van der Waals surface area contributed by atoms with E-state index in [-0.39, 0.29) is 5.75 Å². The van der Waals surface area contributed by atoms with Crippen molar-refractivity contribution in [2.75, 3.05) is 0 Å². The van der Waals surface area contributed by atoms with Crippen LogP contribution in [0.15, 0.2) is 48.8 Å². The minimum absolute atomic E-state index is 0.131. The summed E-state index contributed by atoms with van der Waals surface area (Å²) in [4.78, 5) is 4.52. The van der Waals surface area contributed by atoms with Crippen LogP contribution >= 0.6 is 0 Å². The van der Waals surface area contributed by atoms with Crippen molar-refractivity contribution in [1.82, 2.24) is 9.38 Å². The van der Waals surface area contributed by atoms with Crippen molar-refractivity contribution < 1.29 is 13.5 Å². The third kappa shape index (κ3) is 2.34. The number of nitrogens with zero attached hydrogens (tertiary/aromatic N) is 2. The highest BCUT2D eigenvalue weighted by Crippen LogP contribution is 2.25. The molecule has 0 unspecified atom stereocenters. The summed E-state index contributed by atoms with van der Waals surface area (Å²) in [6, 6.07) is 10.5. The summed E-state index contributed by atoms with van der Waals surface area (Å²) in [5.41, 5.74) is 3.37. The molecule has 2 heterocycles. The molecule has 1 aromatic carbocycles. The second-order valence-corrected chi connectivity index (χ2v) is 4.45. The van der Waals surface area contributed by atoms with Gasteiger partial charge in [0.2, 0.25) is 0 Å². The van der Waals surface area contributed by atoms with Crippen molar-refractivity contribution in [3.05, 3.63) is 54.4 Å². The van der Waals surface area contributed by atoms with E-state index in [9.17, 15) is 8.78 Å². The Labute approximate surface area is 114 Å². The summed E-state index contributed by atoms with van der Waals surface area (Å²) < 4.78 is 30.8. The Morgan fingerprint density at radius 1 is 1.20 bits per heavy atom. The number of ether oxygens (including phenoxy) is 1. The first-order valence-corrected chi connectivity index (χ1v) is 6.13. The van der Waals surface area contributed by atoms with Gasteiger partial charge in [-0.05, 0) is 30.7 Å². The fourth-order valence-corrected chi connectivity index (χ4v) is 2.12. The second-order valence-electron chi connectivity index (χ2n) is 4.45. The molecule has 0 saturated carbocycles. The number of fused-ring (bicyclic) bond motifs is 1. The van der Waals surface area contributed by atoms with Crippen LogP contribution < -0.4 is 4.74 Å². The van der Waals surface area contributed by atoms with Crippen LogP contribution in [-0.4, -0.2) is 16.0 Å². The van der Waals surface area contributed by atoms with Gasteiger partial charge in [-0.25, -0.2) is 4.98 Å². The first-order valence-electron chi connectivity index (χ1n) is 6.13. The Morgan fingerprint density at radius 2 is 2.05 bits per heavy atom. The first-order chi connectivity index (χ1) is 9.63. The van der Waals surface area contributed by atoms with E-state index >= 15 is 0 Å². The van der Waals surface area contributed by atoms with Crippen molar-refractivity contribution in [3.8, 4) is 17.0 Å². The monoisotopic (exact) mass is 274 g/mol. The van der Waals surface area contributed by atoms with Gasteiger partial charge in [0.1, 0.15) is 11.4 Å². The molecule has 0 amide bonds. The highest BCUT2D eigenvalue weighted by atomic mass is 19.3. The summed E-state index contributed by atoms with van der Waals surface area (Å²) in [5.74, 6) is 0.131. The quantitative estimate of drug-likeness (QED) is 0.724. The van der Waals surface area contributed by atoms with Gasteiger partial charge in [-0.3, -0.25) is 0 Å². The van der Waals surface area contributed by atoms with Crippen LogP contribution in [0.1, 0.15) is 5.56 Å². The Kier molecular flexibility index (Phi) is 3.10. The van der Waals surface area contributed by atoms with Gasteiger partial charge >= 0.3 is 6.61 Å². The molecular formula is C15H12F2N2O. The fourth-order valence-electron chi connectivity index (χ4n) is 2.12. The average Bonchev–Trinajstić information content (AvgIpc) is 2.84. The number of hydrogen-bond donors (Lipinski definition) is 0. The smallest absolute Gasteiger partial charge is 0.387 e. The van der Waals surface area contributed by atoms with Crippen molar-refractivity contribution in [1.29, 1.82) is 0 Å². The topological polar surface area (TPSA) is 26.5 Å². The lowest BCUT2D eigenvalue weighted by Crippen LogP contribution is -2.01. The standard InChI is InChI=1S/C15H12F2N2O/c1-10-4-3-7-19-9-13(18-14(10)19)11-5-2-6-12(8-11)20-15(16)17/h2-9,15H,1H3. The average molecular weight is 274 g/mol. The van der Waals surface area contributed by atoms with Crippen molar-refractivity contribution in [3.63, 3.8) is 0 Å². The molecule has 0 aliphatic rings. The zero-order valence-electron chi connectivity index (χ0n) is 10.8. The Bertz CT molecular complexity index is 752. The third-order valence-electron chi connectivity index (χ3n) is 3.03. The van der Waals surface area contributed by atoms with Crippen LogP contribution in [-0.2, 0) is 0 Å². The molecule has 2 aromatic heterocycles. The number of aryl methyl sites for hydroxylation is 1. The number of halogens is 2. The number of aromatic nitrogens is 2. The molecule has 102 valence electrons. The van der Waals surface area contributed by atoms with E-state index in [2.05, 4.69) is 9.72 Å². The fraction of sp³-hybridized carbons (Fsp3) is 0.133. The Balaban J connectivity index is 2.04. The maximum absolute atomic E-state index is 12.2. The SMILES string of the molecule is Cc1cccn2cc(-c3cccc(OC(F)F)c3)nc12. The highest BCUT2D eigenvalue weighted by Gasteiger charge is 2.09. The summed E-state index contributed by atoms with van der Waals surface area (Å²) in [5, 5.41) is 0. The van der Waals surface area contributed by atoms with Crippen LogP contribution in [0.5, 0.6) is 5.75 Å². The van der Waals surface area contributed by atoms with E-state index in [0.717, 1.165) is 22.5 Å². The number of pyridine rings is 1. The van der Waals surface area contributed by atoms with E-state index < -0.39 is 6.61 Å². The molecule has 0 saturated heterocycles. The van der Waals surface area contributed by atoms with Gasteiger partial charge in [0.25, 0.3) is 0 Å². The number of alkyl halides is 2. The molecule has 20 heavy (non-hydrogen) atoms. The molecule has 0 bridgehead atoms. The van der Waals surface area contributed by atoms with Crippen LogP contribution in [0.2, 0.25) is 0 Å². The lowest BCUT2D eigenvalue weighted by molar-refractivity contribution is -0.0498. The van der Waals surface area contributed by atoms with Gasteiger partial charge in [0.15, 0.2) is 0 Å². The Hall–Kier alpha value is -2.43. The van der Waals surface area contributed by atoms with Crippen LogP contribution in [0.4, 0.5) is 8.78 Å². The van der Waals surface area contributed by atoms with Crippen LogP contribution in [0.25, 0.3) is 16.9 Å². The molecule has 5 heteroatoms. The van der Waals surface area contributed by atoms with Gasteiger partial charge in [0, 0.05) is 18.0 Å². The molecule has 0 spiro atoms. The first kappa shape index (κ1) is 12.6. The number of rotatable bonds is 3. The predicted octanol–water partition coefficient (Wildman–Crippen LogP) is 3.91. The largest absolute Gasteiger partial charge is 0.435 e. The third-order valence-corrected chi connectivity index (χ3v) is 3.03. The lowest BCUT2D eigenvalue weighted by atomic mass is 10.1. The van der Waals surface area contributed by atoms with E-state index in [1.165, 1.54) is 6.07 Å². The van der Waals surface area contributed by atoms with Crippen LogP contribution in [0.3, 0.4) is 0 Å². The Morgan fingerprint density at radius 3 is 2.80 bits per heavy atom. The van der Waals surface area contributed by atoms with E-state index in [1.54, 1.807) is 12.1 Å². The lowest BCUT2D eigenvalue weighted by Gasteiger charge is -2.05. The molecule has 0 atom stereocenters. The maximum atomic E-state index is 12.2. The van der Waals surface area contributed by atoms with Gasteiger partial charge in [-0.2, -0.15) is 8.78 Å². The predicted molar refractivity (Wildman–Crippen MR) is 72.0 cm³/mol. The van der Waals surface area contributed by atoms with Gasteiger partial charge in [0.05, 0.1) is 5.69 Å². The molecule has 3 nitrogen and oxygen atoms in total. The zero-order valence-corrected chi connectivity index (χ0v) is 10.8. The van der Waals surface area contributed by atoms with E-state index in [0.29, 0.717) is 0 Å². The van der Waals surface area contributed by atoms with Gasteiger partial charge < -0.3 is 9.14 Å². The van der Waals surface area contributed by atoms with Gasteiger partial charge in [-0.15, -0.1) is 0 Å². The van der Waals surface area contributed by atoms with E-state index in [1.807, 2.05) is 41.9 Å². The molecule has 3 aromatic rings. The molecule has 0 N–H and O–H groups in total. The summed E-state index contributed by atoms with van der Waals surface area (Å²) in [6.45, 7) is -0.851. The number of imidazole rings is 1. The van der Waals surface area contributed by atoms with E-state index in [4.69, 9.17) is 0 Å². The summed E-state index contributed by atoms with van der Waals surface area (Å²) in [6.07, 6.45) is 3.77. The number of hydrogen-bond acceptors (Lipinski definition) is 2. The normalized spacial score (nSPS) is 11.2. The maximum Gasteiger partial charge on any atom is 0.387 e. The molecule has 0 radical (unpaired) electrons.